The van der Waals surface area contributed by atoms with Crippen molar-refractivity contribution in [1.82, 2.24) is 14.5 Å². The summed E-state index contributed by atoms with van der Waals surface area (Å²) in [7, 11) is 0. The Labute approximate surface area is 150 Å². The van der Waals surface area contributed by atoms with E-state index in [0.29, 0.717) is 31.0 Å². The third-order valence-electron chi connectivity index (χ3n) is 5.09. The maximum absolute atomic E-state index is 12.7. The molecular weight excluding hydrogens is 332 g/mol. The van der Waals surface area contributed by atoms with Crippen LogP contribution in [0.25, 0.3) is 0 Å². The summed E-state index contributed by atoms with van der Waals surface area (Å²) in [6.45, 7) is 3.14. The molecule has 26 heavy (non-hydrogen) atoms. The molecule has 0 spiro atoms. The zero-order valence-electron chi connectivity index (χ0n) is 14.5. The molecule has 2 amide bonds. The Morgan fingerprint density at radius 3 is 2.73 bits per heavy atom. The maximum atomic E-state index is 12.7. The molecule has 7 heteroatoms. The standard InChI is InChI=1S/C19H20N4O3/c1-12(24)21-16-5-6-17-14-8-13(10-23(17)19(16)26)9-22(11-14)18(25)15-4-2-3-7-20-15/h2-7,13-14H,8-11H2,1H3,(H,21,24)/t13-,14-/m1/s1. The molecule has 2 bridgehead atoms. The summed E-state index contributed by atoms with van der Waals surface area (Å²) in [5, 5.41) is 2.59. The lowest BCUT2D eigenvalue weighted by Gasteiger charge is -2.42. The topological polar surface area (TPSA) is 84.3 Å². The van der Waals surface area contributed by atoms with Crippen LogP contribution in [0.4, 0.5) is 5.69 Å². The largest absolute Gasteiger partial charge is 0.336 e. The number of pyridine rings is 2. The second-order valence-corrected chi connectivity index (χ2v) is 6.99. The highest BCUT2D eigenvalue weighted by atomic mass is 16.2. The molecule has 2 aromatic rings. The van der Waals surface area contributed by atoms with Crippen LogP contribution in [-0.4, -0.2) is 39.4 Å². The van der Waals surface area contributed by atoms with Gasteiger partial charge in [0.15, 0.2) is 0 Å². The Bertz CT molecular complexity index is 922. The summed E-state index contributed by atoms with van der Waals surface area (Å²) in [4.78, 5) is 42.7. The summed E-state index contributed by atoms with van der Waals surface area (Å²) in [6, 6.07) is 8.88. The van der Waals surface area contributed by atoms with Crippen LogP contribution < -0.4 is 10.9 Å². The average molecular weight is 352 g/mol. The third kappa shape index (κ3) is 2.89. The van der Waals surface area contributed by atoms with Gasteiger partial charge in [0.2, 0.25) is 5.91 Å². The van der Waals surface area contributed by atoms with Gasteiger partial charge in [-0.2, -0.15) is 0 Å². The molecule has 1 fully saturated rings. The molecule has 2 atom stereocenters. The van der Waals surface area contributed by atoms with Gasteiger partial charge in [0.25, 0.3) is 11.5 Å². The van der Waals surface area contributed by atoms with Gasteiger partial charge < -0.3 is 14.8 Å². The minimum Gasteiger partial charge on any atom is -0.336 e. The second-order valence-electron chi connectivity index (χ2n) is 6.99. The number of carbonyl (C=O) groups excluding carboxylic acids is 2. The molecule has 1 saturated heterocycles. The van der Waals surface area contributed by atoms with Crippen molar-refractivity contribution in [2.24, 2.45) is 5.92 Å². The number of nitrogens with zero attached hydrogens (tertiary/aromatic N) is 3. The summed E-state index contributed by atoms with van der Waals surface area (Å²) in [6.07, 6.45) is 2.58. The summed E-state index contributed by atoms with van der Waals surface area (Å²) >= 11 is 0. The number of carbonyl (C=O) groups is 2. The molecule has 0 saturated carbocycles. The Morgan fingerprint density at radius 1 is 1.15 bits per heavy atom. The van der Waals surface area contributed by atoms with Crippen LogP contribution >= 0.6 is 0 Å². The summed E-state index contributed by atoms with van der Waals surface area (Å²) in [5.74, 6) is 0.0187. The molecule has 4 heterocycles. The van der Waals surface area contributed by atoms with E-state index in [1.807, 2.05) is 17.0 Å². The van der Waals surface area contributed by atoms with Gasteiger partial charge in [-0.1, -0.05) is 6.07 Å². The number of nitrogens with one attached hydrogen (secondary N) is 1. The van der Waals surface area contributed by atoms with Crippen molar-refractivity contribution in [2.75, 3.05) is 18.4 Å². The van der Waals surface area contributed by atoms with Gasteiger partial charge in [0.05, 0.1) is 0 Å². The lowest BCUT2D eigenvalue weighted by atomic mass is 9.83. The fraction of sp³-hybridized carbons (Fsp3) is 0.368. The summed E-state index contributed by atoms with van der Waals surface area (Å²) < 4.78 is 1.76. The number of amides is 2. The molecule has 2 aromatic heterocycles. The van der Waals surface area contributed by atoms with Crippen molar-refractivity contribution in [3.8, 4) is 0 Å². The van der Waals surface area contributed by atoms with Crippen molar-refractivity contribution in [3.63, 3.8) is 0 Å². The van der Waals surface area contributed by atoms with E-state index in [1.165, 1.54) is 6.92 Å². The van der Waals surface area contributed by atoms with Crippen LogP contribution in [0.15, 0.2) is 41.3 Å². The monoisotopic (exact) mass is 352 g/mol. The minimum absolute atomic E-state index is 0.0639. The van der Waals surface area contributed by atoms with Crippen LogP contribution in [-0.2, 0) is 11.3 Å². The first kappa shape index (κ1) is 16.5. The number of aromatic nitrogens is 2. The van der Waals surface area contributed by atoms with E-state index in [2.05, 4.69) is 10.3 Å². The molecule has 0 unspecified atom stereocenters. The number of fused-ring (bicyclic) bond motifs is 4. The van der Waals surface area contributed by atoms with E-state index in [4.69, 9.17) is 0 Å². The fourth-order valence-electron chi connectivity index (χ4n) is 4.05. The summed E-state index contributed by atoms with van der Waals surface area (Å²) in [5.41, 5.74) is 1.52. The lowest BCUT2D eigenvalue weighted by Crippen LogP contribution is -2.49. The van der Waals surface area contributed by atoms with Crippen molar-refractivity contribution in [2.45, 2.75) is 25.8 Å². The highest BCUT2D eigenvalue weighted by molar-refractivity contribution is 5.92. The van der Waals surface area contributed by atoms with E-state index in [9.17, 15) is 14.4 Å². The molecule has 4 rings (SSSR count). The minimum atomic E-state index is -0.259. The highest BCUT2D eigenvalue weighted by Gasteiger charge is 2.37. The quantitative estimate of drug-likeness (QED) is 0.887. The van der Waals surface area contributed by atoms with E-state index >= 15 is 0 Å². The van der Waals surface area contributed by atoms with E-state index in [0.717, 1.165) is 12.1 Å². The van der Waals surface area contributed by atoms with Crippen molar-refractivity contribution in [3.05, 3.63) is 58.3 Å². The van der Waals surface area contributed by atoms with Crippen LogP contribution in [0.1, 0.15) is 35.4 Å². The van der Waals surface area contributed by atoms with E-state index in [1.54, 1.807) is 29.0 Å². The Balaban J connectivity index is 1.62. The second kappa shape index (κ2) is 6.40. The van der Waals surface area contributed by atoms with Crippen LogP contribution in [0.3, 0.4) is 0 Å². The van der Waals surface area contributed by atoms with Gasteiger partial charge in [0.1, 0.15) is 11.4 Å². The number of hydrogen-bond acceptors (Lipinski definition) is 4. The number of likely N-dealkylation sites (tertiary alicyclic amines) is 1. The zero-order valence-corrected chi connectivity index (χ0v) is 14.5. The number of hydrogen-bond donors (Lipinski definition) is 1. The first-order valence-corrected chi connectivity index (χ1v) is 8.74. The predicted octanol–water partition coefficient (Wildman–Crippen LogP) is 1.46. The molecule has 0 aromatic carbocycles. The molecule has 0 radical (unpaired) electrons. The molecular formula is C19H20N4O3. The smallest absolute Gasteiger partial charge is 0.274 e. The van der Waals surface area contributed by atoms with Crippen LogP contribution in [0.5, 0.6) is 0 Å². The Morgan fingerprint density at radius 2 is 2.00 bits per heavy atom. The van der Waals surface area contributed by atoms with Gasteiger partial charge in [-0.3, -0.25) is 19.4 Å². The third-order valence-corrected chi connectivity index (χ3v) is 5.09. The Kier molecular flexibility index (Phi) is 4.06. The first-order chi connectivity index (χ1) is 12.5. The molecule has 1 N–H and O–H groups in total. The van der Waals surface area contributed by atoms with Crippen molar-refractivity contribution >= 4 is 17.5 Å². The van der Waals surface area contributed by atoms with Crippen LogP contribution in [0, 0.1) is 5.92 Å². The van der Waals surface area contributed by atoms with Gasteiger partial charge in [-0.15, -0.1) is 0 Å². The predicted molar refractivity (Wildman–Crippen MR) is 96.0 cm³/mol. The van der Waals surface area contributed by atoms with Crippen LogP contribution in [0.2, 0.25) is 0 Å². The number of rotatable bonds is 2. The Hall–Kier alpha value is -2.96. The van der Waals surface area contributed by atoms with Crippen molar-refractivity contribution < 1.29 is 9.59 Å². The van der Waals surface area contributed by atoms with Gasteiger partial charge >= 0.3 is 0 Å². The SMILES string of the molecule is CC(=O)Nc1ccc2n(c1=O)C[C@@H]1C[C@@H]2CN(C(=O)c2ccccn2)C1. The lowest BCUT2D eigenvalue weighted by molar-refractivity contribution is -0.114. The zero-order chi connectivity index (χ0) is 18.3. The first-order valence-electron chi connectivity index (χ1n) is 8.74. The number of piperidine rings is 1. The molecule has 2 aliphatic heterocycles. The molecule has 7 nitrogen and oxygen atoms in total. The number of anilines is 1. The van der Waals surface area contributed by atoms with Gasteiger partial charge in [0, 0.05) is 44.4 Å². The van der Waals surface area contributed by atoms with E-state index in [-0.39, 0.29) is 29.2 Å². The molecule has 134 valence electrons. The average Bonchev–Trinajstić information content (AvgIpc) is 2.64. The van der Waals surface area contributed by atoms with Gasteiger partial charge in [-0.05, 0) is 36.6 Å². The highest BCUT2D eigenvalue weighted by Crippen LogP contribution is 2.35. The van der Waals surface area contributed by atoms with E-state index < -0.39 is 0 Å². The molecule has 2 aliphatic rings. The maximum Gasteiger partial charge on any atom is 0.274 e. The molecule has 0 aliphatic carbocycles. The van der Waals surface area contributed by atoms with Crippen molar-refractivity contribution in [1.29, 1.82) is 0 Å². The fourth-order valence-corrected chi connectivity index (χ4v) is 4.05. The van der Waals surface area contributed by atoms with Gasteiger partial charge in [-0.25, -0.2) is 0 Å². The normalized spacial score (nSPS) is 21.0.